The Hall–Kier alpha value is -0.490. The van der Waals surface area contributed by atoms with E-state index in [1.54, 1.807) is 12.1 Å². The van der Waals surface area contributed by atoms with Gasteiger partial charge >= 0.3 is 6.18 Å². The Morgan fingerprint density at radius 2 is 1.52 bits per heavy atom. The highest BCUT2D eigenvalue weighted by atomic mass is 35.5. The maximum Gasteiger partial charge on any atom is 0.416 e. The first-order valence-corrected chi connectivity index (χ1v) is 7.32. The van der Waals surface area contributed by atoms with Crippen LogP contribution < -0.4 is 5.32 Å². The van der Waals surface area contributed by atoms with E-state index >= 15 is 0 Å². The third kappa shape index (κ3) is 5.52. The number of hydrogen-bond acceptors (Lipinski definition) is 2. The molecule has 0 radical (unpaired) electrons. The standard InChI is InChI=1S/C16H23F3N2.2ClH/c1-15(2,3)14(21-10-8-20-9-11-21)12-6-4-5-7-13(12)16(17,18)19;;/h4-7,14,20H,8-11H2,1-3H3;2*1H/t14-;;/m1../s1. The molecule has 0 amide bonds. The molecule has 1 N–H and O–H groups in total. The summed E-state index contributed by atoms with van der Waals surface area (Å²) in [5.41, 5.74) is -0.388. The van der Waals surface area contributed by atoms with E-state index in [1.807, 2.05) is 20.8 Å². The minimum absolute atomic E-state index is 0. The Kier molecular flexibility index (Phi) is 8.38. The van der Waals surface area contributed by atoms with Gasteiger partial charge in [-0.05, 0) is 17.0 Å². The molecule has 1 atom stereocenters. The van der Waals surface area contributed by atoms with Crippen LogP contribution in [0.2, 0.25) is 0 Å². The van der Waals surface area contributed by atoms with Gasteiger partial charge in [0.15, 0.2) is 0 Å². The quantitative estimate of drug-likeness (QED) is 0.819. The summed E-state index contributed by atoms with van der Waals surface area (Å²) >= 11 is 0. The average Bonchev–Trinajstić information content (AvgIpc) is 2.38. The number of halogens is 5. The molecule has 7 heteroatoms. The lowest BCUT2D eigenvalue weighted by Crippen LogP contribution is -2.48. The van der Waals surface area contributed by atoms with Gasteiger partial charge in [-0.2, -0.15) is 13.2 Å². The Morgan fingerprint density at radius 3 is 2.00 bits per heavy atom. The zero-order valence-electron chi connectivity index (χ0n) is 13.6. The lowest BCUT2D eigenvalue weighted by atomic mass is 9.79. The third-order valence-electron chi connectivity index (χ3n) is 3.90. The van der Waals surface area contributed by atoms with Crippen LogP contribution in [-0.2, 0) is 6.18 Å². The molecule has 0 unspecified atom stereocenters. The predicted molar refractivity (Wildman–Crippen MR) is 92.6 cm³/mol. The van der Waals surface area contributed by atoms with Gasteiger partial charge in [-0.25, -0.2) is 0 Å². The molecule has 1 saturated heterocycles. The van der Waals surface area contributed by atoms with E-state index in [4.69, 9.17) is 0 Å². The molecule has 0 spiro atoms. The molecule has 0 bridgehead atoms. The minimum Gasteiger partial charge on any atom is -0.314 e. The van der Waals surface area contributed by atoms with E-state index in [9.17, 15) is 13.2 Å². The molecule has 1 aliphatic heterocycles. The summed E-state index contributed by atoms with van der Waals surface area (Å²) in [7, 11) is 0. The van der Waals surface area contributed by atoms with Crippen LogP contribution >= 0.6 is 24.8 Å². The highest BCUT2D eigenvalue weighted by Crippen LogP contribution is 2.43. The van der Waals surface area contributed by atoms with Gasteiger partial charge in [0.05, 0.1) is 5.56 Å². The van der Waals surface area contributed by atoms with E-state index in [0.717, 1.165) is 26.2 Å². The van der Waals surface area contributed by atoms with E-state index in [2.05, 4.69) is 10.2 Å². The summed E-state index contributed by atoms with van der Waals surface area (Å²) < 4.78 is 40.0. The molecule has 1 fully saturated rings. The van der Waals surface area contributed by atoms with Crippen molar-refractivity contribution in [2.24, 2.45) is 5.41 Å². The maximum absolute atomic E-state index is 13.3. The summed E-state index contributed by atoms with van der Waals surface area (Å²) in [6.07, 6.45) is -4.31. The number of piperazine rings is 1. The van der Waals surface area contributed by atoms with Gasteiger partial charge in [-0.1, -0.05) is 39.0 Å². The second kappa shape index (κ2) is 8.56. The van der Waals surface area contributed by atoms with Crippen LogP contribution in [0, 0.1) is 5.41 Å². The van der Waals surface area contributed by atoms with Crippen molar-refractivity contribution < 1.29 is 13.2 Å². The third-order valence-corrected chi connectivity index (χ3v) is 3.90. The first-order chi connectivity index (χ1) is 9.71. The number of benzene rings is 1. The number of nitrogens with one attached hydrogen (secondary N) is 1. The highest BCUT2D eigenvalue weighted by molar-refractivity contribution is 5.85. The van der Waals surface area contributed by atoms with Gasteiger partial charge in [0, 0.05) is 32.2 Å². The molecule has 23 heavy (non-hydrogen) atoms. The van der Waals surface area contributed by atoms with Crippen LogP contribution in [0.15, 0.2) is 24.3 Å². The fourth-order valence-electron chi connectivity index (χ4n) is 3.14. The van der Waals surface area contributed by atoms with Gasteiger partial charge in [-0.15, -0.1) is 24.8 Å². The lowest BCUT2D eigenvalue weighted by Gasteiger charge is -2.43. The van der Waals surface area contributed by atoms with Crippen molar-refractivity contribution in [2.75, 3.05) is 26.2 Å². The Morgan fingerprint density at radius 1 is 1.00 bits per heavy atom. The van der Waals surface area contributed by atoms with Crippen molar-refractivity contribution in [3.63, 3.8) is 0 Å². The number of alkyl halides is 3. The first kappa shape index (κ1) is 22.5. The van der Waals surface area contributed by atoms with E-state index in [-0.39, 0.29) is 36.3 Å². The Balaban J connectivity index is 0.00000242. The smallest absolute Gasteiger partial charge is 0.314 e. The summed E-state index contributed by atoms with van der Waals surface area (Å²) in [5.74, 6) is 0. The molecule has 1 aliphatic rings. The normalized spacial score (nSPS) is 17.8. The first-order valence-electron chi connectivity index (χ1n) is 7.32. The Bertz CT molecular complexity index is 481. The molecule has 2 nitrogen and oxygen atoms in total. The summed E-state index contributed by atoms with van der Waals surface area (Å²) in [4.78, 5) is 2.17. The second-order valence-corrected chi connectivity index (χ2v) is 6.64. The molecule has 0 aliphatic carbocycles. The zero-order valence-corrected chi connectivity index (χ0v) is 15.2. The summed E-state index contributed by atoms with van der Waals surface area (Å²) in [6, 6.07) is 5.74. The van der Waals surface area contributed by atoms with Crippen molar-refractivity contribution >= 4 is 24.8 Å². The summed E-state index contributed by atoms with van der Waals surface area (Å²) in [6.45, 7) is 9.20. The number of hydrogen-bond donors (Lipinski definition) is 1. The van der Waals surface area contributed by atoms with Crippen LogP contribution in [0.4, 0.5) is 13.2 Å². The van der Waals surface area contributed by atoms with Crippen molar-refractivity contribution in [1.29, 1.82) is 0 Å². The van der Waals surface area contributed by atoms with Gasteiger partial charge in [0.25, 0.3) is 0 Å². The maximum atomic E-state index is 13.3. The molecule has 2 rings (SSSR count). The molecule has 1 aromatic carbocycles. The van der Waals surface area contributed by atoms with Crippen molar-refractivity contribution in [1.82, 2.24) is 10.2 Å². The van der Waals surface area contributed by atoms with Crippen LogP contribution in [0.25, 0.3) is 0 Å². The van der Waals surface area contributed by atoms with E-state index in [0.29, 0.717) is 5.56 Å². The van der Waals surface area contributed by atoms with Crippen LogP contribution in [0.1, 0.15) is 37.9 Å². The minimum atomic E-state index is -4.31. The summed E-state index contributed by atoms with van der Waals surface area (Å²) in [5, 5.41) is 3.25. The van der Waals surface area contributed by atoms with Gasteiger partial charge in [-0.3, -0.25) is 4.90 Å². The highest BCUT2D eigenvalue weighted by Gasteiger charge is 2.40. The van der Waals surface area contributed by atoms with Gasteiger partial charge in [0.1, 0.15) is 0 Å². The van der Waals surface area contributed by atoms with Crippen molar-refractivity contribution in [3.8, 4) is 0 Å². The van der Waals surface area contributed by atoms with E-state index in [1.165, 1.54) is 12.1 Å². The van der Waals surface area contributed by atoms with Crippen LogP contribution in [0.5, 0.6) is 0 Å². The van der Waals surface area contributed by atoms with E-state index < -0.39 is 11.7 Å². The molecule has 0 saturated carbocycles. The van der Waals surface area contributed by atoms with Crippen molar-refractivity contribution in [3.05, 3.63) is 35.4 Å². The Labute approximate surface area is 148 Å². The molecule has 134 valence electrons. The molecule has 0 aromatic heterocycles. The predicted octanol–water partition coefficient (Wildman–Crippen LogP) is 4.54. The second-order valence-electron chi connectivity index (χ2n) is 6.64. The van der Waals surface area contributed by atoms with Gasteiger partial charge < -0.3 is 5.32 Å². The number of rotatable bonds is 2. The molecular weight excluding hydrogens is 348 g/mol. The monoisotopic (exact) mass is 372 g/mol. The SMILES string of the molecule is CC(C)(C)[C@@H](c1ccccc1C(F)(F)F)N1CCNCC1.Cl.Cl. The molecular formula is C16H25Cl2F3N2. The largest absolute Gasteiger partial charge is 0.416 e. The molecule has 1 aromatic rings. The fourth-order valence-corrected chi connectivity index (χ4v) is 3.14. The van der Waals surface area contributed by atoms with Crippen molar-refractivity contribution in [2.45, 2.75) is 33.0 Å². The zero-order chi connectivity index (χ0) is 15.7. The fraction of sp³-hybridized carbons (Fsp3) is 0.625. The topological polar surface area (TPSA) is 15.3 Å². The number of nitrogens with zero attached hydrogens (tertiary/aromatic N) is 1. The average molecular weight is 373 g/mol. The van der Waals surface area contributed by atoms with Crippen LogP contribution in [0.3, 0.4) is 0 Å². The lowest BCUT2D eigenvalue weighted by molar-refractivity contribution is -0.139. The molecule has 1 heterocycles. The van der Waals surface area contributed by atoms with Crippen LogP contribution in [-0.4, -0.2) is 31.1 Å². The van der Waals surface area contributed by atoms with Gasteiger partial charge in [0.2, 0.25) is 0 Å².